The summed E-state index contributed by atoms with van der Waals surface area (Å²) in [6.45, 7) is 8.60. The molecule has 1 aromatic rings. The lowest BCUT2D eigenvalue weighted by Crippen LogP contribution is -2.44. The summed E-state index contributed by atoms with van der Waals surface area (Å²) >= 11 is 12.1. The summed E-state index contributed by atoms with van der Waals surface area (Å²) < 4.78 is 0. The maximum atomic E-state index is 11.9. The van der Waals surface area contributed by atoms with E-state index in [0.717, 1.165) is 5.56 Å². The lowest BCUT2D eigenvalue weighted by molar-refractivity contribution is -0.123. The van der Waals surface area contributed by atoms with E-state index in [2.05, 4.69) is 24.5 Å². The minimum atomic E-state index is -0.293. The van der Waals surface area contributed by atoms with Crippen LogP contribution in [-0.2, 0) is 4.79 Å². The number of carbonyl (C=O) groups is 1. The molecule has 1 rings (SSSR count). The molecule has 1 aromatic carbocycles. The lowest BCUT2D eigenvalue weighted by atomic mass is 10.1. The summed E-state index contributed by atoms with van der Waals surface area (Å²) in [6, 6.07) is 4.99. The summed E-state index contributed by atoms with van der Waals surface area (Å²) in [7, 11) is 0. The topological polar surface area (TPSA) is 41.1 Å². The summed E-state index contributed by atoms with van der Waals surface area (Å²) in [5.74, 6) is 0.426. The van der Waals surface area contributed by atoms with Crippen LogP contribution in [0, 0.1) is 5.92 Å². The first-order valence-electron chi connectivity index (χ1n) is 6.80. The zero-order valence-electron chi connectivity index (χ0n) is 12.3. The minimum absolute atomic E-state index is 0.0105. The van der Waals surface area contributed by atoms with Crippen LogP contribution < -0.4 is 10.6 Å². The molecule has 0 aromatic heterocycles. The second kappa shape index (κ2) is 7.87. The molecule has 0 saturated heterocycles. The average molecular weight is 317 g/mol. The molecule has 0 fully saturated rings. The van der Waals surface area contributed by atoms with Crippen LogP contribution >= 0.6 is 23.2 Å². The van der Waals surface area contributed by atoms with E-state index in [1.165, 1.54) is 0 Å². The predicted molar refractivity (Wildman–Crippen MR) is 85.3 cm³/mol. The predicted octanol–water partition coefficient (Wildman–Crippen LogP) is 3.80. The van der Waals surface area contributed by atoms with Gasteiger partial charge in [0.2, 0.25) is 5.91 Å². The van der Waals surface area contributed by atoms with Crippen LogP contribution in [0.2, 0.25) is 10.0 Å². The monoisotopic (exact) mass is 316 g/mol. The van der Waals surface area contributed by atoms with Gasteiger partial charge in [-0.2, -0.15) is 0 Å². The van der Waals surface area contributed by atoms with E-state index < -0.39 is 0 Å². The first kappa shape index (κ1) is 17.3. The van der Waals surface area contributed by atoms with Crippen molar-refractivity contribution in [3.63, 3.8) is 0 Å². The molecular weight excluding hydrogens is 295 g/mol. The number of hydrogen-bond donors (Lipinski definition) is 2. The quantitative estimate of drug-likeness (QED) is 0.838. The zero-order valence-corrected chi connectivity index (χ0v) is 13.8. The van der Waals surface area contributed by atoms with Crippen molar-refractivity contribution in [3.05, 3.63) is 33.8 Å². The maximum absolute atomic E-state index is 11.9. The molecule has 0 bridgehead atoms. The lowest BCUT2D eigenvalue weighted by Gasteiger charge is -2.21. The molecule has 0 aliphatic carbocycles. The fraction of sp³-hybridized carbons (Fsp3) is 0.533. The summed E-state index contributed by atoms with van der Waals surface area (Å²) in [6.07, 6.45) is 0. The molecule has 0 spiro atoms. The third-order valence-corrected chi connectivity index (χ3v) is 3.58. The average Bonchev–Trinajstić information content (AvgIpc) is 2.38. The third kappa shape index (κ3) is 5.31. The highest BCUT2D eigenvalue weighted by Crippen LogP contribution is 2.26. The Morgan fingerprint density at radius 1 is 1.20 bits per heavy atom. The van der Waals surface area contributed by atoms with Crippen LogP contribution in [0.4, 0.5) is 0 Å². The molecule has 0 radical (unpaired) electrons. The molecule has 0 aliphatic rings. The van der Waals surface area contributed by atoms with E-state index in [1.54, 1.807) is 12.1 Å². The van der Waals surface area contributed by atoms with Gasteiger partial charge in [-0.3, -0.25) is 10.1 Å². The SMILES string of the molecule is CC(C)CNC(=O)C(C)NC(C)c1cc(Cl)ccc1Cl. The van der Waals surface area contributed by atoms with Crippen LogP contribution in [0.1, 0.15) is 39.3 Å². The highest BCUT2D eigenvalue weighted by molar-refractivity contribution is 6.33. The molecule has 3 nitrogen and oxygen atoms in total. The van der Waals surface area contributed by atoms with Crippen molar-refractivity contribution in [2.45, 2.75) is 39.8 Å². The number of halogens is 2. The van der Waals surface area contributed by atoms with Crippen LogP contribution in [0.3, 0.4) is 0 Å². The Morgan fingerprint density at radius 3 is 2.45 bits per heavy atom. The van der Waals surface area contributed by atoms with Gasteiger partial charge in [-0.25, -0.2) is 0 Å². The van der Waals surface area contributed by atoms with E-state index in [-0.39, 0.29) is 18.0 Å². The maximum Gasteiger partial charge on any atom is 0.236 e. The zero-order chi connectivity index (χ0) is 15.3. The van der Waals surface area contributed by atoms with Crippen molar-refractivity contribution >= 4 is 29.1 Å². The van der Waals surface area contributed by atoms with Gasteiger partial charge in [0, 0.05) is 22.6 Å². The Balaban J connectivity index is 2.63. The fourth-order valence-corrected chi connectivity index (χ4v) is 2.31. The number of hydrogen-bond acceptors (Lipinski definition) is 2. The third-order valence-electron chi connectivity index (χ3n) is 3.00. The van der Waals surface area contributed by atoms with Gasteiger partial charge in [-0.15, -0.1) is 0 Å². The van der Waals surface area contributed by atoms with Crippen molar-refractivity contribution < 1.29 is 4.79 Å². The molecule has 112 valence electrons. The minimum Gasteiger partial charge on any atom is -0.354 e. The summed E-state index contributed by atoms with van der Waals surface area (Å²) in [5, 5.41) is 7.41. The molecule has 0 saturated carbocycles. The van der Waals surface area contributed by atoms with E-state index in [9.17, 15) is 4.79 Å². The molecule has 2 N–H and O–H groups in total. The molecular formula is C15H22Cl2N2O. The molecule has 0 heterocycles. The first-order chi connectivity index (χ1) is 9.31. The molecule has 1 amide bonds. The van der Waals surface area contributed by atoms with Gasteiger partial charge in [-0.05, 0) is 43.5 Å². The second-order valence-corrected chi connectivity index (χ2v) is 6.26. The Bertz CT molecular complexity index is 463. The van der Waals surface area contributed by atoms with Gasteiger partial charge < -0.3 is 5.32 Å². The van der Waals surface area contributed by atoms with Crippen molar-refractivity contribution in [1.82, 2.24) is 10.6 Å². The smallest absolute Gasteiger partial charge is 0.236 e. The highest BCUT2D eigenvalue weighted by Gasteiger charge is 2.18. The standard InChI is InChI=1S/C15H22Cl2N2O/c1-9(2)8-18-15(20)11(4)19-10(3)13-7-12(16)5-6-14(13)17/h5-7,9-11,19H,8H2,1-4H3,(H,18,20). The van der Waals surface area contributed by atoms with E-state index >= 15 is 0 Å². The summed E-state index contributed by atoms with van der Waals surface area (Å²) in [5.41, 5.74) is 0.891. The van der Waals surface area contributed by atoms with Crippen molar-refractivity contribution in [2.24, 2.45) is 5.92 Å². The van der Waals surface area contributed by atoms with Crippen LogP contribution in [0.15, 0.2) is 18.2 Å². The van der Waals surface area contributed by atoms with Gasteiger partial charge >= 0.3 is 0 Å². The molecule has 2 unspecified atom stereocenters. The van der Waals surface area contributed by atoms with Crippen LogP contribution in [0.25, 0.3) is 0 Å². The Morgan fingerprint density at radius 2 is 1.85 bits per heavy atom. The van der Waals surface area contributed by atoms with Crippen LogP contribution in [0.5, 0.6) is 0 Å². The molecule has 20 heavy (non-hydrogen) atoms. The molecule has 0 aliphatic heterocycles. The highest BCUT2D eigenvalue weighted by atomic mass is 35.5. The van der Waals surface area contributed by atoms with Crippen molar-refractivity contribution in [2.75, 3.05) is 6.54 Å². The van der Waals surface area contributed by atoms with Gasteiger partial charge in [0.05, 0.1) is 6.04 Å². The number of carbonyl (C=O) groups excluding carboxylic acids is 1. The normalized spacial score (nSPS) is 14.2. The fourth-order valence-electron chi connectivity index (χ4n) is 1.84. The van der Waals surface area contributed by atoms with Crippen molar-refractivity contribution in [1.29, 1.82) is 0 Å². The molecule has 5 heteroatoms. The Labute approximate surface area is 131 Å². The number of rotatable bonds is 6. The second-order valence-electron chi connectivity index (χ2n) is 5.41. The first-order valence-corrected chi connectivity index (χ1v) is 7.55. The summed E-state index contributed by atoms with van der Waals surface area (Å²) in [4.78, 5) is 11.9. The van der Waals surface area contributed by atoms with Gasteiger partial charge in [-0.1, -0.05) is 37.0 Å². The molecule has 2 atom stereocenters. The van der Waals surface area contributed by atoms with E-state index in [1.807, 2.05) is 19.9 Å². The van der Waals surface area contributed by atoms with E-state index in [4.69, 9.17) is 23.2 Å². The number of amides is 1. The largest absolute Gasteiger partial charge is 0.354 e. The van der Waals surface area contributed by atoms with Gasteiger partial charge in [0.15, 0.2) is 0 Å². The number of nitrogens with one attached hydrogen (secondary N) is 2. The van der Waals surface area contributed by atoms with E-state index in [0.29, 0.717) is 22.5 Å². The Hall–Kier alpha value is -0.770. The van der Waals surface area contributed by atoms with Gasteiger partial charge in [0.25, 0.3) is 0 Å². The Kier molecular flexibility index (Phi) is 6.80. The van der Waals surface area contributed by atoms with Crippen molar-refractivity contribution in [3.8, 4) is 0 Å². The van der Waals surface area contributed by atoms with Gasteiger partial charge in [0.1, 0.15) is 0 Å². The van der Waals surface area contributed by atoms with Crippen LogP contribution in [-0.4, -0.2) is 18.5 Å². The number of benzene rings is 1.